The fraction of sp³-hybridized carbons (Fsp3) is 0.433. The highest BCUT2D eigenvalue weighted by Crippen LogP contribution is 2.48. The van der Waals surface area contributed by atoms with E-state index in [1.165, 1.54) is 7.11 Å². The summed E-state index contributed by atoms with van der Waals surface area (Å²) in [5.74, 6) is 0.597. The molecular weight excluding hydrogens is 488 g/mol. The van der Waals surface area contributed by atoms with E-state index in [9.17, 15) is 14.4 Å². The van der Waals surface area contributed by atoms with Crippen molar-refractivity contribution in [2.24, 2.45) is 0 Å². The number of allylic oxidation sites excluding steroid dienone is 1. The van der Waals surface area contributed by atoms with Crippen LogP contribution in [-0.4, -0.2) is 45.2 Å². The zero-order valence-corrected chi connectivity index (χ0v) is 22.3. The molecule has 8 heteroatoms. The number of ketones is 1. The quantitative estimate of drug-likeness (QED) is 0.376. The standard InChI is InChI=1S/C30H34O8/c1-18-9-8-12-21(31)11-7-5-6-10-20-16-25-28(29(36-4)27(20)30(33)37-18)22(17-26(32)38-25)19-13-14-23(34-2)24(15-19)35-3/h6,10,13-16,18,22H,5,7-9,11-12,17H2,1-4H3. The highest BCUT2D eigenvalue weighted by atomic mass is 16.5. The highest BCUT2D eigenvalue weighted by molar-refractivity contribution is 5.99. The van der Waals surface area contributed by atoms with Gasteiger partial charge in [-0.2, -0.15) is 0 Å². The molecule has 2 aromatic carbocycles. The van der Waals surface area contributed by atoms with Crippen LogP contribution in [0.15, 0.2) is 30.3 Å². The average molecular weight is 523 g/mol. The smallest absolute Gasteiger partial charge is 0.342 e. The van der Waals surface area contributed by atoms with Crippen molar-refractivity contribution in [1.82, 2.24) is 0 Å². The second-order valence-corrected chi connectivity index (χ2v) is 9.57. The van der Waals surface area contributed by atoms with Crippen molar-refractivity contribution in [3.05, 3.63) is 52.6 Å². The van der Waals surface area contributed by atoms with Gasteiger partial charge in [0.2, 0.25) is 0 Å². The minimum atomic E-state index is -0.525. The summed E-state index contributed by atoms with van der Waals surface area (Å²) in [6.45, 7) is 1.82. The first-order valence-electron chi connectivity index (χ1n) is 12.9. The first kappa shape index (κ1) is 27.2. The van der Waals surface area contributed by atoms with E-state index in [1.807, 2.05) is 25.1 Å². The van der Waals surface area contributed by atoms with E-state index in [4.69, 9.17) is 23.7 Å². The lowest BCUT2D eigenvalue weighted by molar-refractivity contribution is -0.135. The van der Waals surface area contributed by atoms with Gasteiger partial charge in [-0.05, 0) is 61.9 Å². The molecule has 0 radical (unpaired) electrons. The summed E-state index contributed by atoms with van der Waals surface area (Å²) in [7, 11) is 4.60. The molecule has 0 saturated heterocycles. The molecule has 0 amide bonds. The Morgan fingerprint density at radius 2 is 1.68 bits per heavy atom. The summed E-state index contributed by atoms with van der Waals surface area (Å²) in [5, 5.41) is 0. The third kappa shape index (κ3) is 5.85. The van der Waals surface area contributed by atoms with Crippen molar-refractivity contribution in [2.75, 3.05) is 21.3 Å². The fourth-order valence-electron chi connectivity index (χ4n) is 5.06. The molecule has 2 aliphatic rings. The van der Waals surface area contributed by atoms with Crippen LogP contribution in [0.2, 0.25) is 0 Å². The van der Waals surface area contributed by atoms with Gasteiger partial charge < -0.3 is 23.7 Å². The van der Waals surface area contributed by atoms with Crippen LogP contribution in [0.25, 0.3) is 6.08 Å². The Bertz CT molecular complexity index is 1250. The Labute approximate surface area is 222 Å². The Morgan fingerprint density at radius 3 is 2.42 bits per heavy atom. The lowest BCUT2D eigenvalue weighted by Crippen LogP contribution is -2.24. The van der Waals surface area contributed by atoms with E-state index < -0.39 is 11.9 Å². The number of methoxy groups -OCH3 is 3. The SMILES string of the molecule is COc1ccc(C2CC(=O)Oc3cc4c(c(OC)c32)C(=O)OC(C)CCCC(=O)CCCC=C4)cc1OC. The van der Waals surface area contributed by atoms with Gasteiger partial charge in [-0.3, -0.25) is 9.59 Å². The van der Waals surface area contributed by atoms with Gasteiger partial charge in [-0.25, -0.2) is 4.79 Å². The van der Waals surface area contributed by atoms with Gasteiger partial charge in [0.15, 0.2) is 11.5 Å². The fourth-order valence-corrected chi connectivity index (χ4v) is 5.06. The number of rotatable bonds is 4. The average Bonchev–Trinajstić information content (AvgIpc) is 2.90. The first-order chi connectivity index (χ1) is 18.4. The van der Waals surface area contributed by atoms with E-state index in [1.54, 1.807) is 32.4 Å². The molecule has 0 N–H and O–H groups in total. The van der Waals surface area contributed by atoms with Crippen LogP contribution >= 0.6 is 0 Å². The molecule has 0 saturated carbocycles. The van der Waals surface area contributed by atoms with Crippen LogP contribution in [0.3, 0.4) is 0 Å². The van der Waals surface area contributed by atoms with E-state index in [2.05, 4.69) is 0 Å². The molecule has 4 rings (SSSR count). The van der Waals surface area contributed by atoms with E-state index >= 15 is 0 Å². The van der Waals surface area contributed by atoms with Crippen LogP contribution in [0.1, 0.15) is 84.8 Å². The minimum Gasteiger partial charge on any atom is -0.495 e. The first-order valence-corrected chi connectivity index (χ1v) is 12.9. The largest absolute Gasteiger partial charge is 0.495 e. The van der Waals surface area contributed by atoms with E-state index in [0.29, 0.717) is 66.2 Å². The van der Waals surface area contributed by atoms with Crippen molar-refractivity contribution in [3.8, 4) is 23.0 Å². The molecule has 0 aliphatic carbocycles. The van der Waals surface area contributed by atoms with Gasteiger partial charge in [0.05, 0.1) is 33.9 Å². The number of hydrogen-bond acceptors (Lipinski definition) is 8. The van der Waals surface area contributed by atoms with E-state index in [-0.39, 0.29) is 29.8 Å². The summed E-state index contributed by atoms with van der Waals surface area (Å²) in [4.78, 5) is 38.4. The molecule has 0 aromatic heterocycles. The number of carbonyl (C=O) groups is 3. The van der Waals surface area contributed by atoms with Crippen LogP contribution in [0.4, 0.5) is 0 Å². The summed E-state index contributed by atoms with van der Waals surface area (Å²) in [5.41, 5.74) is 2.21. The van der Waals surface area contributed by atoms with Crippen LogP contribution in [-0.2, 0) is 14.3 Å². The summed E-state index contributed by atoms with van der Waals surface area (Å²) < 4.78 is 28.2. The molecule has 2 aliphatic heterocycles. The van der Waals surface area contributed by atoms with Crippen LogP contribution in [0, 0.1) is 0 Å². The zero-order valence-electron chi connectivity index (χ0n) is 22.3. The predicted octanol–water partition coefficient (Wildman–Crippen LogP) is 5.64. The molecule has 2 aromatic rings. The number of ether oxygens (including phenoxy) is 5. The predicted molar refractivity (Wildman–Crippen MR) is 141 cm³/mol. The lowest BCUT2D eigenvalue weighted by atomic mass is 9.83. The molecular formula is C30H34O8. The normalized spacial score (nSPS) is 20.4. The van der Waals surface area contributed by atoms with Crippen LogP contribution in [0.5, 0.6) is 23.0 Å². The van der Waals surface area contributed by atoms with E-state index in [0.717, 1.165) is 12.0 Å². The highest BCUT2D eigenvalue weighted by Gasteiger charge is 2.36. The Balaban J connectivity index is 1.86. The molecule has 0 fully saturated rings. The second kappa shape index (κ2) is 12.2. The molecule has 2 heterocycles. The third-order valence-electron chi connectivity index (χ3n) is 6.97. The monoisotopic (exact) mass is 522 g/mol. The molecule has 8 nitrogen and oxygen atoms in total. The van der Waals surface area contributed by atoms with Crippen molar-refractivity contribution in [2.45, 2.75) is 63.9 Å². The van der Waals surface area contributed by atoms with Crippen molar-refractivity contribution < 1.29 is 38.1 Å². The number of fused-ring (bicyclic) bond motifs is 2. The molecule has 38 heavy (non-hydrogen) atoms. The number of benzene rings is 2. The van der Waals surface area contributed by atoms with Gasteiger partial charge in [0.1, 0.15) is 22.8 Å². The zero-order chi connectivity index (χ0) is 27.2. The molecule has 2 unspecified atom stereocenters. The number of cyclic esters (lactones) is 1. The van der Waals surface area contributed by atoms with Gasteiger partial charge in [-0.15, -0.1) is 0 Å². The molecule has 0 spiro atoms. The maximum atomic E-state index is 13.6. The number of carbonyl (C=O) groups excluding carboxylic acids is 3. The number of esters is 2. The summed E-state index contributed by atoms with van der Waals surface area (Å²) in [6.07, 6.45) is 7.04. The molecule has 202 valence electrons. The maximum absolute atomic E-state index is 13.6. The summed E-state index contributed by atoms with van der Waals surface area (Å²) >= 11 is 0. The Hall–Kier alpha value is -3.81. The summed E-state index contributed by atoms with van der Waals surface area (Å²) in [6, 6.07) is 7.15. The Morgan fingerprint density at radius 1 is 0.921 bits per heavy atom. The number of hydrogen-bond donors (Lipinski definition) is 0. The number of Topliss-reactive ketones (excluding diaryl/α,β-unsaturated/α-hetero) is 1. The van der Waals surface area contributed by atoms with Gasteiger partial charge >= 0.3 is 11.9 Å². The van der Waals surface area contributed by atoms with Gasteiger partial charge in [0, 0.05) is 24.3 Å². The topological polar surface area (TPSA) is 97.4 Å². The van der Waals surface area contributed by atoms with Gasteiger partial charge in [0.25, 0.3) is 0 Å². The van der Waals surface area contributed by atoms with Crippen LogP contribution < -0.4 is 18.9 Å². The van der Waals surface area contributed by atoms with Crippen molar-refractivity contribution in [3.63, 3.8) is 0 Å². The minimum absolute atomic E-state index is 0.0624. The van der Waals surface area contributed by atoms with Gasteiger partial charge in [-0.1, -0.05) is 18.2 Å². The van der Waals surface area contributed by atoms with Crippen molar-refractivity contribution in [1.29, 1.82) is 0 Å². The molecule has 0 bridgehead atoms. The van der Waals surface area contributed by atoms with Crippen molar-refractivity contribution >= 4 is 23.8 Å². The lowest BCUT2D eigenvalue weighted by Gasteiger charge is -2.29. The molecule has 2 atom stereocenters. The third-order valence-corrected chi connectivity index (χ3v) is 6.97. The second-order valence-electron chi connectivity index (χ2n) is 9.57. The Kier molecular flexibility index (Phi) is 8.71. The maximum Gasteiger partial charge on any atom is 0.342 e.